The van der Waals surface area contributed by atoms with Gasteiger partial charge in [-0.2, -0.15) is 0 Å². The molecule has 0 spiro atoms. The normalized spacial score (nSPS) is 15.7. The summed E-state index contributed by atoms with van der Waals surface area (Å²) in [6.45, 7) is 10.6. The molecule has 1 fully saturated rings. The molecule has 1 aromatic carbocycles. The molecule has 5 heterocycles. The van der Waals surface area contributed by atoms with Crippen molar-refractivity contribution in [2.24, 2.45) is 4.99 Å². The lowest BCUT2D eigenvalue weighted by molar-refractivity contribution is 0.271. The van der Waals surface area contributed by atoms with Gasteiger partial charge in [-0.3, -0.25) is 4.99 Å². The van der Waals surface area contributed by atoms with E-state index in [0.29, 0.717) is 0 Å². The van der Waals surface area contributed by atoms with Gasteiger partial charge in [-0.25, -0.2) is 9.97 Å². The number of aryl methyl sites for hydroxylation is 1. The number of hydrogen-bond acceptors (Lipinski definition) is 6. The van der Waals surface area contributed by atoms with Crippen LogP contribution in [0.25, 0.3) is 16.8 Å². The van der Waals surface area contributed by atoms with E-state index in [4.69, 9.17) is 4.98 Å². The molecule has 178 valence electrons. The molecule has 0 bridgehead atoms. The highest BCUT2D eigenvalue weighted by Crippen LogP contribution is 2.33. The van der Waals surface area contributed by atoms with Gasteiger partial charge in [0.05, 0.1) is 24.1 Å². The van der Waals surface area contributed by atoms with Crippen molar-refractivity contribution < 1.29 is 0 Å². The van der Waals surface area contributed by atoms with Crippen LogP contribution in [0.2, 0.25) is 0 Å². The van der Waals surface area contributed by atoms with Crippen molar-refractivity contribution in [3.63, 3.8) is 0 Å². The number of hydrogen-bond donors (Lipinski definition) is 1. The minimum Gasteiger partial charge on any atom is -0.368 e. The molecule has 0 amide bonds. The maximum atomic E-state index is 4.75. The number of aromatic nitrogens is 3. The first-order valence-electron chi connectivity index (χ1n) is 12.6. The minimum absolute atomic E-state index is 0.757. The smallest absolute Gasteiger partial charge is 0.160 e. The van der Waals surface area contributed by atoms with Gasteiger partial charge < -0.3 is 19.5 Å². The molecule has 4 aromatic rings. The summed E-state index contributed by atoms with van der Waals surface area (Å²) in [6.07, 6.45) is 8.77. The standard InChI is InChI=1S/C28H31N7/c1-3-26-24(20-5-6-21-17-29-18-22(21)15-20)16-25(28-30-9-10-35(26)28)32-27-8-7-23(19-31-27)34-13-11-33(4-2)12-14-34/h5-10,15-17,19H,3-4,11-14,18H2,1-2H3,(H,31,32). The quantitative estimate of drug-likeness (QED) is 0.444. The molecule has 2 aliphatic heterocycles. The highest BCUT2D eigenvalue weighted by Gasteiger charge is 2.18. The third-order valence-electron chi connectivity index (χ3n) is 7.25. The number of piperazine rings is 1. The van der Waals surface area contributed by atoms with E-state index in [1.54, 1.807) is 0 Å². The summed E-state index contributed by atoms with van der Waals surface area (Å²) in [5.41, 5.74) is 9.21. The fraction of sp³-hybridized carbons (Fsp3) is 0.321. The summed E-state index contributed by atoms with van der Waals surface area (Å²) < 4.78 is 2.20. The van der Waals surface area contributed by atoms with Crippen LogP contribution in [-0.2, 0) is 13.0 Å². The van der Waals surface area contributed by atoms with Crippen LogP contribution in [0.5, 0.6) is 0 Å². The average molecular weight is 466 g/mol. The van der Waals surface area contributed by atoms with Crippen molar-refractivity contribution in [2.75, 3.05) is 42.9 Å². The number of nitrogens with one attached hydrogen (secondary N) is 1. The van der Waals surface area contributed by atoms with Crippen LogP contribution in [-0.4, -0.2) is 58.2 Å². The maximum absolute atomic E-state index is 4.75. The Balaban J connectivity index is 1.31. The molecule has 0 unspecified atom stereocenters. The van der Waals surface area contributed by atoms with E-state index in [1.807, 2.05) is 24.8 Å². The molecular formula is C28H31N7. The first-order valence-corrected chi connectivity index (χ1v) is 12.6. The molecule has 6 rings (SSSR count). The van der Waals surface area contributed by atoms with E-state index in [-0.39, 0.29) is 0 Å². The summed E-state index contributed by atoms with van der Waals surface area (Å²) in [5, 5.41) is 3.55. The zero-order valence-corrected chi connectivity index (χ0v) is 20.4. The van der Waals surface area contributed by atoms with Gasteiger partial charge in [0.1, 0.15) is 5.82 Å². The third kappa shape index (κ3) is 4.06. The van der Waals surface area contributed by atoms with Gasteiger partial charge in [0.15, 0.2) is 5.65 Å². The molecule has 0 radical (unpaired) electrons. The SMILES string of the molecule is CCc1c(-c2ccc3c(c2)CN=C3)cc(Nc2ccc(N3CCN(CC)CC3)cn2)c2nccn12. The monoisotopic (exact) mass is 465 g/mol. The van der Waals surface area contributed by atoms with Crippen LogP contribution in [0.15, 0.2) is 60.0 Å². The number of rotatable bonds is 6. The second-order valence-electron chi connectivity index (χ2n) is 9.22. The second-order valence-corrected chi connectivity index (χ2v) is 9.22. The number of aliphatic imine (C=N–C) groups is 1. The number of fused-ring (bicyclic) bond motifs is 2. The Kier molecular flexibility index (Phi) is 5.70. The lowest BCUT2D eigenvalue weighted by atomic mass is 9.97. The van der Waals surface area contributed by atoms with E-state index in [1.165, 1.54) is 33.6 Å². The zero-order chi connectivity index (χ0) is 23.8. The Hall–Kier alpha value is -3.71. The average Bonchev–Trinajstić information content (AvgIpc) is 3.59. The van der Waals surface area contributed by atoms with Crippen molar-refractivity contribution in [1.82, 2.24) is 19.3 Å². The fourth-order valence-electron chi connectivity index (χ4n) is 5.23. The van der Waals surface area contributed by atoms with Crippen molar-refractivity contribution in [3.05, 3.63) is 71.8 Å². The highest BCUT2D eigenvalue weighted by atomic mass is 15.3. The zero-order valence-electron chi connectivity index (χ0n) is 20.4. The number of likely N-dealkylation sites (N-methyl/N-ethyl adjacent to an activating group) is 1. The fourth-order valence-corrected chi connectivity index (χ4v) is 5.23. The Labute approximate surface area is 206 Å². The van der Waals surface area contributed by atoms with Crippen LogP contribution in [0.3, 0.4) is 0 Å². The lowest BCUT2D eigenvalue weighted by Crippen LogP contribution is -2.46. The van der Waals surface area contributed by atoms with Crippen LogP contribution in [0, 0.1) is 0 Å². The van der Waals surface area contributed by atoms with Crippen LogP contribution in [0.1, 0.15) is 30.7 Å². The number of benzene rings is 1. The van der Waals surface area contributed by atoms with Gasteiger partial charge in [-0.05, 0) is 53.9 Å². The number of pyridine rings is 2. The van der Waals surface area contributed by atoms with Gasteiger partial charge in [0.2, 0.25) is 0 Å². The van der Waals surface area contributed by atoms with E-state index >= 15 is 0 Å². The van der Waals surface area contributed by atoms with Crippen LogP contribution in [0.4, 0.5) is 17.2 Å². The van der Waals surface area contributed by atoms with E-state index in [0.717, 1.165) is 62.8 Å². The van der Waals surface area contributed by atoms with Crippen molar-refractivity contribution >= 4 is 29.1 Å². The molecule has 35 heavy (non-hydrogen) atoms. The maximum Gasteiger partial charge on any atom is 0.160 e. The predicted molar refractivity (Wildman–Crippen MR) is 143 cm³/mol. The van der Waals surface area contributed by atoms with Gasteiger partial charge in [-0.1, -0.05) is 26.0 Å². The van der Waals surface area contributed by atoms with Crippen LogP contribution >= 0.6 is 0 Å². The number of imidazole rings is 1. The lowest BCUT2D eigenvalue weighted by Gasteiger charge is -2.35. The first-order chi connectivity index (χ1) is 17.2. The Bertz CT molecular complexity index is 1380. The Morgan fingerprint density at radius 2 is 1.86 bits per heavy atom. The summed E-state index contributed by atoms with van der Waals surface area (Å²) >= 11 is 0. The van der Waals surface area contributed by atoms with E-state index in [9.17, 15) is 0 Å². The van der Waals surface area contributed by atoms with E-state index < -0.39 is 0 Å². The number of anilines is 3. The molecular weight excluding hydrogens is 434 g/mol. The number of nitrogens with zero attached hydrogens (tertiary/aromatic N) is 6. The van der Waals surface area contributed by atoms with Crippen molar-refractivity contribution in [3.8, 4) is 11.1 Å². The predicted octanol–water partition coefficient (Wildman–Crippen LogP) is 4.78. The van der Waals surface area contributed by atoms with Gasteiger partial charge in [0, 0.05) is 56.0 Å². The summed E-state index contributed by atoms with van der Waals surface area (Å²) in [5.74, 6) is 0.823. The highest BCUT2D eigenvalue weighted by molar-refractivity contribution is 5.87. The summed E-state index contributed by atoms with van der Waals surface area (Å²) in [7, 11) is 0. The molecule has 7 nitrogen and oxygen atoms in total. The molecule has 2 aliphatic rings. The third-order valence-corrected chi connectivity index (χ3v) is 7.25. The minimum atomic E-state index is 0.757. The van der Waals surface area contributed by atoms with Crippen LogP contribution < -0.4 is 10.2 Å². The van der Waals surface area contributed by atoms with Crippen molar-refractivity contribution in [1.29, 1.82) is 0 Å². The molecule has 0 aliphatic carbocycles. The second kappa shape index (κ2) is 9.15. The molecule has 0 atom stereocenters. The molecule has 0 saturated carbocycles. The van der Waals surface area contributed by atoms with Crippen molar-refractivity contribution in [2.45, 2.75) is 26.8 Å². The summed E-state index contributed by atoms with van der Waals surface area (Å²) in [6, 6.07) is 13.1. The molecule has 3 aromatic heterocycles. The van der Waals surface area contributed by atoms with E-state index in [2.05, 4.69) is 79.7 Å². The molecule has 1 N–H and O–H groups in total. The molecule has 1 saturated heterocycles. The summed E-state index contributed by atoms with van der Waals surface area (Å²) in [4.78, 5) is 18.7. The topological polar surface area (TPSA) is 61.1 Å². The van der Waals surface area contributed by atoms with Gasteiger partial charge in [0.25, 0.3) is 0 Å². The first kappa shape index (κ1) is 21.8. The van der Waals surface area contributed by atoms with Gasteiger partial charge in [-0.15, -0.1) is 0 Å². The Morgan fingerprint density at radius 1 is 0.971 bits per heavy atom. The Morgan fingerprint density at radius 3 is 2.63 bits per heavy atom. The van der Waals surface area contributed by atoms with Gasteiger partial charge >= 0.3 is 0 Å². The molecule has 7 heteroatoms. The largest absolute Gasteiger partial charge is 0.368 e.